The molecule has 0 saturated carbocycles. The third-order valence-electron chi connectivity index (χ3n) is 3.45. The maximum absolute atomic E-state index is 12.8. The average Bonchev–Trinajstić information content (AvgIpc) is 2.93. The molecule has 102 valence electrons. The molecule has 0 aliphatic carbocycles. The van der Waals surface area contributed by atoms with Gasteiger partial charge in [0, 0.05) is 24.3 Å². The van der Waals surface area contributed by atoms with Crippen LogP contribution in [0.5, 0.6) is 0 Å². The molecule has 0 spiro atoms. The first-order chi connectivity index (χ1) is 9.72. The first kappa shape index (κ1) is 12.7. The summed E-state index contributed by atoms with van der Waals surface area (Å²) < 4.78 is 12.8. The van der Waals surface area contributed by atoms with Crippen LogP contribution < -0.4 is 10.6 Å². The first-order valence-corrected chi connectivity index (χ1v) is 6.62. The van der Waals surface area contributed by atoms with Gasteiger partial charge in [0.1, 0.15) is 5.82 Å². The maximum atomic E-state index is 12.8. The highest BCUT2D eigenvalue weighted by molar-refractivity contribution is 5.95. The van der Waals surface area contributed by atoms with Gasteiger partial charge in [0.05, 0.1) is 0 Å². The van der Waals surface area contributed by atoms with Gasteiger partial charge in [-0.1, -0.05) is 18.2 Å². The summed E-state index contributed by atoms with van der Waals surface area (Å²) in [5, 5.41) is 6.09. The predicted molar refractivity (Wildman–Crippen MR) is 76.2 cm³/mol. The second kappa shape index (κ2) is 5.33. The van der Waals surface area contributed by atoms with Crippen molar-refractivity contribution in [3.8, 4) is 0 Å². The molecule has 20 heavy (non-hydrogen) atoms. The van der Waals surface area contributed by atoms with Crippen LogP contribution in [0.1, 0.15) is 21.5 Å². The Morgan fingerprint density at radius 1 is 1.20 bits per heavy atom. The molecule has 1 aliphatic rings. The van der Waals surface area contributed by atoms with Gasteiger partial charge in [0.2, 0.25) is 0 Å². The molecule has 0 aromatic heterocycles. The zero-order valence-electron chi connectivity index (χ0n) is 10.9. The van der Waals surface area contributed by atoms with E-state index in [1.807, 2.05) is 18.2 Å². The first-order valence-electron chi connectivity index (χ1n) is 6.62. The molecule has 1 amide bonds. The third kappa shape index (κ3) is 2.64. The van der Waals surface area contributed by atoms with Crippen LogP contribution in [0.25, 0.3) is 0 Å². The van der Waals surface area contributed by atoms with Crippen LogP contribution in [0.3, 0.4) is 0 Å². The van der Waals surface area contributed by atoms with Gasteiger partial charge in [-0.15, -0.1) is 0 Å². The van der Waals surface area contributed by atoms with Crippen molar-refractivity contribution >= 4 is 11.6 Å². The summed E-state index contributed by atoms with van der Waals surface area (Å²) in [5.41, 5.74) is 3.80. The van der Waals surface area contributed by atoms with E-state index in [1.54, 1.807) is 12.1 Å². The summed E-state index contributed by atoms with van der Waals surface area (Å²) in [5.74, 6) is -0.393. The second-order valence-electron chi connectivity index (χ2n) is 4.86. The van der Waals surface area contributed by atoms with Crippen molar-refractivity contribution in [1.29, 1.82) is 0 Å². The summed E-state index contributed by atoms with van der Waals surface area (Å²) in [4.78, 5) is 12.1. The number of anilines is 1. The monoisotopic (exact) mass is 270 g/mol. The quantitative estimate of drug-likeness (QED) is 0.900. The topological polar surface area (TPSA) is 41.1 Å². The molecule has 0 unspecified atom stereocenters. The van der Waals surface area contributed by atoms with Gasteiger partial charge in [-0.2, -0.15) is 0 Å². The van der Waals surface area contributed by atoms with Crippen LogP contribution in [0.2, 0.25) is 0 Å². The van der Waals surface area contributed by atoms with Crippen molar-refractivity contribution in [3.63, 3.8) is 0 Å². The zero-order valence-corrected chi connectivity index (χ0v) is 10.9. The van der Waals surface area contributed by atoms with Gasteiger partial charge >= 0.3 is 0 Å². The van der Waals surface area contributed by atoms with Crippen molar-refractivity contribution < 1.29 is 9.18 Å². The van der Waals surface area contributed by atoms with Crippen LogP contribution in [-0.2, 0) is 13.0 Å². The number of rotatable bonds is 3. The van der Waals surface area contributed by atoms with E-state index in [0.717, 1.165) is 24.2 Å². The Morgan fingerprint density at radius 3 is 2.80 bits per heavy atom. The Labute approximate surface area is 116 Å². The average molecular weight is 270 g/mol. The van der Waals surface area contributed by atoms with Gasteiger partial charge in [0.15, 0.2) is 0 Å². The minimum atomic E-state index is -0.273. The minimum Gasteiger partial charge on any atom is -0.384 e. The molecule has 0 bridgehead atoms. The molecular weight excluding hydrogens is 255 g/mol. The van der Waals surface area contributed by atoms with Crippen LogP contribution in [0, 0.1) is 5.82 Å². The van der Waals surface area contributed by atoms with Crippen molar-refractivity contribution in [2.45, 2.75) is 13.0 Å². The molecule has 0 fully saturated rings. The molecule has 3 nitrogen and oxygen atoms in total. The van der Waals surface area contributed by atoms with Crippen molar-refractivity contribution in [2.24, 2.45) is 0 Å². The molecule has 0 atom stereocenters. The van der Waals surface area contributed by atoms with Crippen molar-refractivity contribution in [3.05, 3.63) is 65.0 Å². The Kier molecular flexibility index (Phi) is 3.37. The molecule has 1 aliphatic heterocycles. The van der Waals surface area contributed by atoms with Gasteiger partial charge in [-0.3, -0.25) is 4.79 Å². The third-order valence-corrected chi connectivity index (χ3v) is 3.45. The normalized spacial score (nSPS) is 12.7. The minimum absolute atomic E-state index is 0.120. The van der Waals surface area contributed by atoms with E-state index >= 15 is 0 Å². The van der Waals surface area contributed by atoms with Crippen LogP contribution in [0.15, 0.2) is 42.5 Å². The smallest absolute Gasteiger partial charge is 0.251 e. The van der Waals surface area contributed by atoms with Gasteiger partial charge in [-0.25, -0.2) is 4.39 Å². The number of fused-ring (bicyclic) bond motifs is 1. The molecule has 3 rings (SSSR count). The summed E-state index contributed by atoms with van der Waals surface area (Å²) in [6.07, 6.45) is 1.01. The highest BCUT2D eigenvalue weighted by Crippen LogP contribution is 2.23. The van der Waals surface area contributed by atoms with Gasteiger partial charge < -0.3 is 10.6 Å². The number of carbonyl (C=O) groups excluding carboxylic acids is 1. The molecule has 1 heterocycles. The SMILES string of the molecule is O=C(NCc1ccc(F)cc1)c1ccc2c(c1)NCC2. The Bertz CT molecular complexity index is 637. The lowest BCUT2D eigenvalue weighted by Gasteiger charge is -2.07. The summed E-state index contributed by atoms with van der Waals surface area (Å²) in [7, 11) is 0. The fourth-order valence-corrected chi connectivity index (χ4v) is 2.32. The maximum Gasteiger partial charge on any atom is 0.251 e. The highest BCUT2D eigenvalue weighted by Gasteiger charge is 2.13. The zero-order chi connectivity index (χ0) is 13.9. The van der Waals surface area contributed by atoms with E-state index in [0.29, 0.717) is 12.1 Å². The molecule has 0 radical (unpaired) electrons. The fraction of sp³-hybridized carbons (Fsp3) is 0.188. The van der Waals surface area contributed by atoms with Crippen LogP contribution in [-0.4, -0.2) is 12.5 Å². The van der Waals surface area contributed by atoms with Gasteiger partial charge in [-0.05, 0) is 41.8 Å². The fourth-order valence-electron chi connectivity index (χ4n) is 2.32. The van der Waals surface area contributed by atoms with Crippen molar-refractivity contribution in [2.75, 3.05) is 11.9 Å². The van der Waals surface area contributed by atoms with E-state index in [1.165, 1.54) is 17.7 Å². The molecule has 4 heteroatoms. The second-order valence-corrected chi connectivity index (χ2v) is 4.86. The summed E-state index contributed by atoms with van der Waals surface area (Å²) >= 11 is 0. The molecule has 2 aromatic carbocycles. The molecule has 2 N–H and O–H groups in total. The molecule has 0 saturated heterocycles. The summed E-state index contributed by atoms with van der Waals surface area (Å²) in [6, 6.07) is 11.8. The number of hydrogen-bond donors (Lipinski definition) is 2. The van der Waals surface area contributed by atoms with Crippen LogP contribution >= 0.6 is 0 Å². The number of benzene rings is 2. The highest BCUT2D eigenvalue weighted by atomic mass is 19.1. The Hall–Kier alpha value is -2.36. The molecular formula is C16H15FN2O. The number of hydrogen-bond acceptors (Lipinski definition) is 2. The number of carbonyl (C=O) groups is 1. The Balaban J connectivity index is 1.66. The Morgan fingerprint density at radius 2 is 2.00 bits per heavy atom. The van der Waals surface area contributed by atoms with Gasteiger partial charge in [0.25, 0.3) is 5.91 Å². The largest absolute Gasteiger partial charge is 0.384 e. The van der Waals surface area contributed by atoms with E-state index in [9.17, 15) is 9.18 Å². The van der Waals surface area contributed by atoms with Crippen molar-refractivity contribution in [1.82, 2.24) is 5.32 Å². The van der Waals surface area contributed by atoms with E-state index in [4.69, 9.17) is 0 Å². The lowest BCUT2D eigenvalue weighted by atomic mass is 10.1. The van der Waals surface area contributed by atoms with E-state index < -0.39 is 0 Å². The number of nitrogens with one attached hydrogen (secondary N) is 2. The lowest BCUT2D eigenvalue weighted by molar-refractivity contribution is 0.0951. The van der Waals surface area contributed by atoms with E-state index in [-0.39, 0.29) is 11.7 Å². The number of amides is 1. The predicted octanol–water partition coefficient (Wildman–Crippen LogP) is 2.72. The lowest BCUT2D eigenvalue weighted by Crippen LogP contribution is -2.22. The standard InChI is InChI=1S/C16H15FN2O/c17-14-5-1-11(2-6-14)10-19-16(20)13-4-3-12-7-8-18-15(12)9-13/h1-6,9,18H,7-8,10H2,(H,19,20). The van der Waals surface area contributed by atoms with E-state index in [2.05, 4.69) is 10.6 Å². The van der Waals surface area contributed by atoms with Crippen LogP contribution in [0.4, 0.5) is 10.1 Å². The molecule has 2 aromatic rings. The number of halogens is 1. The summed E-state index contributed by atoms with van der Waals surface area (Å²) in [6.45, 7) is 1.32.